The van der Waals surface area contributed by atoms with Gasteiger partial charge < -0.3 is 10.8 Å². The van der Waals surface area contributed by atoms with Gasteiger partial charge in [-0.2, -0.15) is 0 Å². The van der Waals surface area contributed by atoms with Crippen LogP contribution >= 0.6 is 0 Å². The maximum Gasteiger partial charge on any atom is 0.220 e. The Bertz CT molecular complexity index is 237. The lowest BCUT2D eigenvalue weighted by molar-refractivity contribution is -0.123. The van der Waals surface area contributed by atoms with E-state index >= 15 is 0 Å². The number of primary amides is 1. The Morgan fingerprint density at radius 2 is 1.87 bits per heavy atom. The van der Waals surface area contributed by atoms with E-state index in [2.05, 4.69) is 4.90 Å². The third kappa shape index (κ3) is 2.32. The zero-order valence-electron chi connectivity index (χ0n) is 9.06. The maximum atomic E-state index is 11.0. The molecule has 2 unspecified atom stereocenters. The summed E-state index contributed by atoms with van der Waals surface area (Å²) in [5, 5.41) is 9.78. The topological polar surface area (TPSA) is 66.6 Å². The number of nitrogens with zero attached hydrogens (tertiary/aromatic N) is 1. The molecule has 1 amide bonds. The van der Waals surface area contributed by atoms with Crippen LogP contribution in [-0.4, -0.2) is 41.1 Å². The fourth-order valence-electron chi connectivity index (χ4n) is 2.86. The van der Waals surface area contributed by atoms with Crippen molar-refractivity contribution in [1.82, 2.24) is 4.90 Å². The van der Waals surface area contributed by atoms with E-state index < -0.39 is 0 Å². The van der Waals surface area contributed by atoms with Crippen molar-refractivity contribution in [3.63, 3.8) is 0 Å². The highest BCUT2D eigenvalue weighted by Gasteiger charge is 2.33. The zero-order valence-corrected chi connectivity index (χ0v) is 9.06. The van der Waals surface area contributed by atoms with Gasteiger partial charge in [0.2, 0.25) is 5.91 Å². The molecule has 0 spiro atoms. The molecule has 4 nitrogen and oxygen atoms in total. The summed E-state index contributed by atoms with van der Waals surface area (Å²) in [6.07, 6.45) is 4.72. The second-order valence-electron chi connectivity index (χ2n) is 4.78. The Morgan fingerprint density at radius 3 is 2.33 bits per heavy atom. The zero-order chi connectivity index (χ0) is 10.8. The second kappa shape index (κ2) is 4.49. The SMILES string of the molecule is NC(=O)C1CCN(C2CCCC2O)CC1. The van der Waals surface area contributed by atoms with Crippen molar-refractivity contribution in [2.75, 3.05) is 13.1 Å². The third-order valence-electron chi connectivity index (χ3n) is 3.84. The molecule has 3 N–H and O–H groups in total. The van der Waals surface area contributed by atoms with Crippen LogP contribution < -0.4 is 5.73 Å². The van der Waals surface area contributed by atoms with Crippen molar-refractivity contribution in [3.05, 3.63) is 0 Å². The number of hydrogen-bond donors (Lipinski definition) is 2. The van der Waals surface area contributed by atoms with Crippen LogP contribution in [0, 0.1) is 5.92 Å². The molecule has 0 bridgehead atoms. The maximum absolute atomic E-state index is 11.0. The Morgan fingerprint density at radius 1 is 1.20 bits per heavy atom. The lowest BCUT2D eigenvalue weighted by Crippen LogP contribution is -2.46. The van der Waals surface area contributed by atoms with Crippen LogP contribution in [0.3, 0.4) is 0 Å². The number of likely N-dealkylation sites (tertiary alicyclic amines) is 1. The van der Waals surface area contributed by atoms with Gasteiger partial charge in [-0.3, -0.25) is 9.69 Å². The molecule has 0 aromatic rings. The van der Waals surface area contributed by atoms with E-state index in [1.807, 2.05) is 0 Å². The van der Waals surface area contributed by atoms with E-state index in [1.54, 1.807) is 0 Å². The van der Waals surface area contributed by atoms with Crippen LogP contribution in [-0.2, 0) is 4.79 Å². The fourth-order valence-corrected chi connectivity index (χ4v) is 2.86. The Balaban J connectivity index is 1.85. The molecule has 1 saturated heterocycles. The van der Waals surface area contributed by atoms with Gasteiger partial charge in [-0.1, -0.05) is 0 Å². The number of hydrogen-bond acceptors (Lipinski definition) is 3. The highest BCUT2D eigenvalue weighted by atomic mass is 16.3. The van der Waals surface area contributed by atoms with E-state index in [1.165, 1.54) is 0 Å². The van der Waals surface area contributed by atoms with E-state index in [-0.39, 0.29) is 17.9 Å². The summed E-state index contributed by atoms with van der Waals surface area (Å²) >= 11 is 0. The van der Waals surface area contributed by atoms with Crippen LogP contribution in [0.15, 0.2) is 0 Å². The number of piperidine rings is 1. The summed E-state index contributed by atoms with van der Waals surface area (Å²) in [6, 6.07) is 0.332. The largest absolute Gasteiger partial charge is 0.391 e. The molecule has 2 atom stereocenters. The molecule has 0 aromatic heterocycles. The van der Waals surface area contributed by atoms with Crippen molar-refractivity contribution in [3.8, 4) is 0 Å². The molecule has 1 saturated carbocycles. The summed E-state index contributed by atoms with van der Waals surface area (Å²) < 4.78 is 0. The summed E-state index contributed by atoms with van der Waals surface area (Å²) in [7, 11) is 0. The van der Waals surface area contributed by atoms with Gasteiger partial charge in [-0.25, -0.2) is 0 Å². The first-order valence-corrected chi connectivity index (χ1v) is 5.90. The van der Waals surface area contributed by atoms with Crippen LogP contribution in [0.25, 0.3) is 0 Å². The van der Waals surface area contributed by atoms with E-state index in [4.69, 9.17) is 5.73 Å². The fraction of sp³-hybridized carbons (Fsp3) is 0.909. The van der Waals surface area contributed by atoms with Crippen molar-refractivity contribution in [2.24, 2.45) is 11.7 Å². The average Bonchev–Trinajstić information content (AvgIpc) is 2.65. The van der Waals surface area contributed by atoms with Crippen LogP contribution in [0.2, 0.25) is 0 Å². The smallest absolute Gasteiger partial charge is 0.220 e. The number of aliphatic hydroxyl groups is 1. The van der Waals surface area contributed by atoms with Gasteiger partial charge in [0.15, 0.2) is 0 Å². The number of carbonyl (C=O) groups excluding carboxylic acids is 1. The van der Waals surface area contributed by atoms with E-state index in [0.29, 0.717) is 6.04 Å². The molecular weight excluding hydrogens is 192 g/mol. The molecule has 2 fully saturated rings. The molecule has 1 aliphatic carbocycles. The quantitative estimate of drug-likeness (QED) is 0.682. The lowest BCUT2D eigenvalue weighted by atomic mass is 9.95. The van der Waals surface area contributed by atoms with Crippen molar-refractivity contribution in [1.29, 1.82) is 0 Å². The number of amides is 1. The number of aliphatic hydroxyl groups excluding tert-OH is 1. The number of rotatable bonds is 2. The highest BCUT2D eigenvalue weighted by Crippen LogP contribution is 2.28. The standard InChI is InChI=1S/C11H20N2O2/c12-11(15)8-4-6-13(7-5-8)9-2-1-3-10(9)14/h8-10,14H,1-7H2,(H2,12,15). The summed E-state index contributed by atoms with van der Waals surface area (Å²) in [5.74, 6) is -0.110. The molecule has 15 heavy (non-hydrogen) atoms. The molecule has 4 heteroatoms. The number of nitrogens with two attached hydrogens (primary N) is 1. The normalized spacial score (nSPS) is 34.5. The predicted molar refractivity (Wildman–Crippen MR) is 57.1 cm³/mol. The van der Waals surface area contributed by atoms with Crippen LogP contribution in [0.1, 0.15) is 32.1 Å². The number of carbonyl (C=O) groups is 1. The van der Waals surface area contributed by atoms with Crippen molar-refractivity contribution in [2.45, 2.75) is 44.2 Å². The molecule has 2 aliphatic rings. The summed E-state index contributed by atoms with van der Waals surface area (Å²) in [4.78, 5) is 13.3. The van der Waals surface area contributed by atoms with Gasteiger partial charge in [0.05, 0.1) is 6.10 Å². The van der Waals surface area contributed by atoms with Gasteiger partial charge in [0.25, 0.3) is 0 Å². The first-order chi connectivity index (χ1) is 7.18. The van der Waals surface area contributed by atoms with Gasteiger partial charge in [0.1, 0.15) is 0 Å². The molecule has 86 valence electrons. The van der Waals surface area contributed by atoms with Crippen molar-refractivity contribution >= 4 is 5.91 Å². The van der Waals surface area contributed by atoms with Gasteiger partial charge in [-0.05, 0) is 45.2 Å². The van der Waals surface area contributed by atoms with Crippen molar-refractivity contribution < 1.29 is 9.90 Å². The van der Waals surface area contributed by atoms with E-state index in [0.717, 1.165) is 45.2 Å². The highest BCUT2D eigenvalue weighted by molar-refractivity contribution is 5.76. The Labute approximate surface area is 90.4 Å². The minimum Gasteiger partial charge on any atom is -0.391 e. The molecule has 2 rings (SSSR count). The molecule has 0 aromatic carbocycles. The minimum absolute atomic E-state index is 0.0554. The first kappa shape index (κ1) is 10.9. The first-order valence-electron chi connectivity index (χ1n) is 5.90. The second-order valence-corrected chi connectivity index (χ2v) is 4.78. The summed E-state index contributed by atoms with van der Waals surface area (Å²) in [5.41, 5.74) is 5.29. The summed E-state index contributed by atoms with van der Waals surface area (Å²) in [6.45, 7) is 1.82. The predicted octanol–water partition coefficient (Wildman–Crippen LogP) is 0.0971. The monoisotopic (exact) mass is 212 g/mol. The van der Waals surface area contributed by atoms with Gasteiger partial charge in [-0.15, -0.1) is 0 Å². The van der Waals surface area contributed by atoms with Gasteiger partial charge in [0, 0.05) is 12.0 Å². The van der Waals surface area contributed by atoms with Crippen LogP contribution in [0.5, 0.6) is 0 Å². The van der Waals surface area contributed by atoms with E-state index in [9.17, 15) is 9.90 Å². The third-order valence-corrected chi connectivity index (χ3v) is 3.84. The molecule has 1 aliphatic heterocycles. The molecule has 0 radical (unpaired) electrons. The van der Waals surface area contributed by atoms with Crippen LogP contribution in [0.4, 0.5) is 0 Å². The molecular formula is C11H20N2O2. The Kier molecular flexibility index (Phi) is 3.26. The average molecular weight is 212 g/mol. The molecule has 1 heterocycles. The lowest BCUT2D eigenvalue weighted by Gasteiger charge is -2.36. The Hall–Kier alpha value is -0.610. The minimum atomic E-state index is -0.165. The van der Waals surface area contributed by atoms with Gasteiger partial charge >= 0.3 is 0 Å².